The van der Waals surface area contributed by atoms with Crippen molar-refractivity contribution in [1.29, 1.82) is 0 Å². The van der Waals surface area contributed by atoms with E-state index in [1.165, 1.54) is 7.11 Å². The van der Waals surface area contributed by atoms with E-state index in [2.05, 4.69) is 4.72 Å². The molecule has 1 heterocycles. The SMILES string of the molecule is COc1cc(C)c(C)cc1S(=O)(=O)NC1CCOc2ccc(C)cc21. The summed E-state index contributed by atoms with van der Waals surface area (Å²) in [5.41, 5.74) is 3.84. The van der Waals surface area contributed by atoms with E-state index in [-0.39, 0.29) is 10.9 Å². The second-order valence-corrected chi connectivity index (χ2v) is 8.12. The maximum absolute atomic E-state index is 13.0. The van der Waals surface area contributed by atoms with Gasteiger partial charge in [-0.2, -0.15) is 0 Å². The Balaban J connectivity index is 1.99. The second-order valence-electron chi connectivity index (χ2n) is 6.44. The zero-order valence-corrected chi connectivity index (χ0v) is 15.7. The van der Waals surface area contributed by atoms with E-state index in [1.54, 1.807) is 12.1 Å². The molecule has 0 aromatic heterocycles. The Morgan fingerprint density at radius 1 is 1.12 bits per heavy atom. The molecule has 0 spiro atoms. The number of hydrogen-bond donors (Lipinski definition) is 1. The Morgan fingerprint density at radius 3 is 2.56 bits per heavy atom. The number of ether oxygens (including phenoxy) is 2. The van der Waals surface area contributed by atoms with Crippen LogP contribution in [0, 0.1) is 20.8 Å². The van der Waals surface area contributed by atoms with Crippen LogP contribution < -0.4 is 14.2 Å². The molecule has 6 heteroatoms. The van der Waals surface area contributed by atoms with Crippen molar-refractivity contribution in [2.45, 2.75) is 38.1 Å². The molecule has 0 bridgehead atoms. The predicted octanol–water partition coefficient (Wildman–Crippen LogP) is 3.42. The van der Waals surface area contributed by atoms with E-state index in [1.807, 2.05) is 39.0 Å². The van der Waals surface area contributed by atoms with Gasteiger partial charge in [-0.05, 0) is 50.1 Å². The highest BCUT2D eigenvalue weighted by Gasteiger charge is 2.29. The molecule has 2 aromatic carbocycles. The lowest BCUT2D eigenvalue weighted by Crippen LogP contribution is -2.32. The van der Waals surface area contributed by atoms with Crippen molar-refractivity contribution in [1.82, 2.24) is 4.72 Å². The molecular formula is C19H23NO4S. The van der Waals surface area contributed by atoms with Gasteiger partial charge in [0.1, 0.15) is 16.4 Å². The lowest BCUT2D eigenvalue weighted by molar-refractivity contribution is 0.263. The smallest absolute Gasteiger partial charge is 0.244 e. The Morgan fingerprint density at radius 2 is 1.84 bits per heavy atom. The number of hydrogen-bond acceptors (Lipinski definition) is 4. The van der Waals surface area contributed by atoms with E-state index in [0.717, 1.165) is 28.0 Å². The van der Waals surface area contributed by atoms with Gasteiger partial charge >= 0.3 is 0 Å². The number of aryl methyl sites for hydroxylation is 3. The number of methoxy groups -OCH3 is 1. The predicted molar refractivity (Wildman–Crippen MR) is 96.8 cm³/mol. The van der Waals surface area contributed by atoms with Crippen molar-refractivity contribution < 1.29 is 17.9 Å². The summed E-state index contributed by atoms with van der Waals surface area (Å²) in [4.78, 5) is 0.166. The Hall–Kier alpha value is -2.05. The fourth-order valence-corrected chi connectivity index (χ4v) is 4.51. The quantitative estimate of drug-likeness (QED) is 0.906. The Kier molecular flexibility index (Phi) is 4.75. The summed E-state index contributed by atoms with van der Waals surface area (Å²) in [6, 6.07) is 8.92. The summed E-state index contributed by atoms with van der Waals surface area (Å²) in [5.74, 6) is 1.09. The zero-order chi connectivity index (χ0) is 18.2. The summed E-state index contributed by atoms with van der Waals surface area (Å²) >= 11 is 0. The van der Waals surface area contributed by atoms with Crippen molar-refractivity contribution >= 4 is 10.0 Å². The van der Waals surface area contributed by atoms with E-state index in [0.29, 0.717) is 18.8 Å². The average molecular weight is 361 g/mol. The van der Waals surface area contributed by atoms with Crippen LogP contribution in [0.1, 0.15) is 34.7 Å². The zero-order valence-electron chi connectivity index (χ0n) is 14.9. The first-order chi connectivity index (χ1) is 11.8. The van der Waals surface area contributed by atoms with Crippen molar-refractivity contribution in [3.05, 3.63) is 52.6 Å². The molecule has 5 nitrogen and oxygen atoms in total. The first-order valence-electron chi connectivity index (χ1n) is 8.23. The summed E-state index contributed by atoms with van der Waals surface area (Å²) in [6.45, 7) is 6.28. The van der Waals surface area contributed by atoms with Crippen LogP contribution >= 0.6 is 0 Å². The highest BCUT2D eigenvalue weighted by Crippen LogP contribution is 2.35. The van der Waals surface area contributed by atoms with E-state index in [4.69, 9.17) is 9.47 Å². The van der Waals surface area contributed by atoms with Gasteiger partial charge in [-0.3, -0.25) is 0 Å². The number of nitrogens with one attached hydrogen (secondary N) is 1. The molecule has 3 rings (SSSR count). The molecule has 2 aromatic rings. The number of rotatable bonds is 4. The van der Waals surface area contributed by atoms with Gasteiger partial charge in [0, 0.05) is 12.0 Å². The highest BCUT2D eigenvalue weighted by atomic mass is 32.2. The van der Waals surface area contributed by atoms with Crippen LogP contribution in [0.15, 0.2) is 35.2 Å². The van der Waals surface area contributed by atoms with Gasteiger partial charge in [0.15, 0.2) is 0 Å². The van der Waals surface area contributed by atoms with Crippen molar-refractivity contribution in [2.75, 3.05) is 13.7 Å². The van der Waals surface area contributed by atoms with Crippen molar-refractivity contribution in [2.24, 2.45) is 0 Å². The third kappa shape index (κ3) is 3.50. The molecule has 1 atom stereocenters. The largest absolute Gasteiger partial charge is 0.495 e. The minimum absolute atomic E-state index is 0.166. The first kappa shape index (κ1) is 17.8. The minimum atomic E-state index is -3.73. The average Bonchev–Trinajstić information content (AvgIpc) is 2.57. The monoisotopic (exact) mass is 361 g/mol. The third-order valence-corrected chi connectivity index (χ3v) is 6.06. The maximum Gasteiger partial charge on any atom is 0.244 e. The molecule has 1 N–H and O–H groups in total. The van der Waals surface area contributed by atoms with Crippen LogP contribution in [0.25, 0.3) is 0 Å². The Labute approximate surface area is 149 Å². The molecule has 0 saturated heterocycles. The van der Waals surface area contributed by atoms with Crippen LogP contribution in [0.5, 0.6) is 11.5 Å². The van der Waals surface area contributed by atoms with Crippen molar-refractivity contribution in [3.8, 4) is 11.5 Å². The van der Waals surface area contributed by atoms with Crippen LogP contribution in [-0.2, 0) is 10.0 Å². The molecule has 1 aliphatic heterocycles. The van der Waals surface area contributed by atoms with Gasteiger partial charge in [-0.25, -0.2) is 13.1 Å². The molecule has 0 saturated carbocycles. The van der Waals surface area contributed by atoms with E-state index >= 15 is 0 Å². The van der Waals surface area contributed by atoms with Crippen LogP contribution in [0.2, 0.25) is 0 Å². The highest BCUT2D eigenvalue weighted by molar-refractivity contribution is 7.89. The summed E-state index contributed by atoms with van der Waals surface area (Å²) in [6.07, 6.45) is 0.586. The van der Waals surface area contributed by atoms with Crippen LogP contribution in [-0.4, -0.2) is 22.1 Å². The van der Waals surface area contributed by atoms with Gasteiger partial charge in [0.25, 0.3) is 0 Å². The lowest BCUT2D eigenvalue weighted by atomic mass is 10.00. The van der Waals surface area contributed by atoms with Crippen LogP contribution in [0.3, 0.4) is 0 Å². The summed E-state index contributed by atoms with van der Waals surface area (Å²) in [7, 11) is -2.25. The molecule has 0 radical (unpaired) electrons. The summed E-state index contributed by atoms with van der Waals surface area (Å²) in [5, 5.41) is 0. The molecule has 134 valence electrons. The molecule has 1 unspecified atom stereocenters. The molecule has 0 amide bonds. The van der Waals surface area contributed by atoms with Gasteiger partial charge in [-0.1, -0.05) is 17.7 Å². The normalized spacial score (nSPS) is 16.9. The Bertz CT molecular complexity index is 906. The van der Waals surface area contributed by atoms with Crippen LogP contribution in [0.4, 0.5) is 0 Å². The van der Waals surface area contributed by atoms with Gasteiger partial charge in [0.05, 0.1) is 19.8 Å². The number of benzene rings is 2. The standard InChI is InChI=1S/C19H23NO4S/c1-12-5-6-17-15(9-12)16(7-8-24-17)20-25(21,22)19-11-14(3)13(2)10-18(19)23-4/h5-6,9-11,16,20H,7-8H2,1-4H3. The third-order valence-electron chi connectivity index (χ3n) is 4.57. The van der Waals surface area contributed by atoms with Gasteiger partial charge in [0.2, 0.25) is 10.0 Å². The fourth-order valence-electron chi connectivity index (χ4n) is 3.02. The molecule has 0 aliphatic carbocycles. The molecule has 25 heavy (non-hydrogen) atoms. The minimum Gasteiger partial charge on any atom is -0.495 e. The maximum atomic E-state index is 13.0. The molecular weight excluding hydrogens is 338 g/mol. The van der Waals surface area contributed by atoms with Gasteiger partial charge < -0.3 is 9.47 Å². The first-order valence-corrected chi connectivity index (χ1v) is 9.71. The molecule has 0 fully saturated rings. The lowest BCUT2D eigenvalue weighted by Gasteiger charge is -2.27. The number of fused-ring (bicyclic) bond motifs is 1. The van der Waals surface area contributed by atoms with Crippen molar-refractivity contribution in [3.63, 3.8) is 0 Å². The molecule has 1 aliphatic rings. The second kappa shape index (κ2) is 6.69. The summed E-state index contributed by atoms with van der Waals surface area (Å²) < 4.78 is 39.8. The fraction of sp³-hybridized carbons (Fsp3) is 0.368. The van der Waals surface area contributed by atoms with E-state index < -0.39 is 10.0 Å². The topological polar surface area (TPSA) is 64.6 Å². The van der Waals surface area contributed by atoms with Gasteiger partial charge in [-0.15, -0.1) is 0 Å². The van der Waals surface area contributed by atoms with E-state index in [9.17, 15) is 8.42 Å². The number of sulfonamides is 1.